The standard InChI is InChI=1S/C33H30FN3O4S/c1-6-7-11-27-20(2)16-28(36-27)23-10-8-9-22(17-23)25-18-26-30(19-29(25)37(4)42(5,39)40)41-32(31(26)33(38)35-3)21-12-14-24(34)15-13-21/h6-19,36H,1H2,2-5H3,(H,35,38)/b11-7-. The number of furan rings is 1. The van der Waals surface area contributed by atoms with Crippen LogP contribution < -0.4 is 9.62 Å². The van der Waals surface area contributed by atoms with E-state index in [2.05, 4.69) is 16.9 Å². The van der Waals surface area contributed by atoms with Crippen LogP contribution in [0.25, 0.3) is 50.8 Å². The molecule has 7 nitrogen and oxygen atoms in total. The van der Waals surface area contributed by atoms with Gasteiger partial charge in [-0.25, -0.2) is 12.8 Å². The van der Waals surface area contributed by atoms with Gasteiger partial charge in [-0.05, 0) is 72.2 Å². The molecule has 2 heterocycles. The van der Waals surface area contributed by atoms with E-state index >= 15 is 0 Å². The third-order valence-corrected chi connectivity index (χ3v) is 8.33. The highest BCUT2D eigenvalue weighted by molar-refractivity contribution is 7.92. The molecule has 0 fully saturated rings. The number of benzene rings is 3. The number of rotatable bonds is 8. The fraction of sp³-hybridized carbons (Fsp3) is 0.121. The molecule has 3 aromatic carbocycles. The Labute approximate surface area is 244 Å². The van der Waals surface area contributed by atoms with Crippen LogP contribution in [0.3, 0.4) is 0 Å². The van der Waals surface area contributed by atoms with Crippen LogP contribution in [0.1, 0.15) is 21.6 Å². The second kappa shape index (κ2) is 11.2. The average molecular weight is 584 g/mol. The van der Waals surface area contributed by atoms with Crippen molar-refractivity contribution in [2.45, 2.75) is 6.92 Å². The Hall–Kier alpha value is -4.89. The monoisotopic (exact) mass is 583 g/mol. The molecule has 0 aliphatic rings. The maximum Gasteiger partial charge on any atom is 0.255 e. The molecule has 5 aromatic rings. The van der Waals surface area contributed by atoms with Crippen molar-refractivity contribution < 1.29 is 22.0 Å². The summed E-state index contributed by atoms with van der Waals surface area (Å²) in [6.07, 6.45) is 6.64. The van der Waals surface area contributed by atoms with Gasteiger partial charge in [0.05, 0.1) is 17.5 Å². The topological polar surface area (TPSA) is 95.4 Å². The lowest BCUT2D eigenvalue weighted by atomic mass is 9.96. The van der Waals surface area contributed by atoms with Crippen LogP contribution in [0.4, 0.5) is 10.1 Å². The van der Waals surface area contributed by atoms with Crippen molar-refractivity contribution in [2.75, 3.05) is 24.7 Å². The van der Waals surface area contributed by atoms with Gasteiger partial charge in [-0.1, -0.05) is 36.9 Å². The minimum Gasteiger partial charge on any atom is -0.455 e. The normalized spacial score (nSPS) is 11.7. The number of hydrogen-bond donors (Lipinski definition) is 2. The molecule has 0 aliphatic heterocycles. The minimum absolute atomic E-state index is 0.255. The fourth-order valence-corrected chi connectivity index (χ4v) is 5.39. The van der Waals surface area contributed by atoms with Gasteiger partial charge >= 0.3 is 0 Å². The molecular weight excluding hydrogens is 553 g/mol. The number of halogens is 1. The highest BCUT2D eigenvalue weighted by Gasteiger charge is 2.26. The first-order valence-electron chi connectivity index (χ1n) is 13.1. The number of sulfonamides is 1. The number of fused-ring (bicyclic) bond motifs is 1. The molecule has 5 rings (SSSR count). The number of hydrogen-bond acceptors (Lipinski definition) is 4. The number of carbonyl (C=O) groups is 1. The molecular formula is C33H30FN3O4S. The number of aromatic nitrogens is 1. The van der Waals surface area contributed by atoms with Crippen LogP contribution in [0, 0.1) is 12.7 Å². The van der Waals surface area contributed by atoms with Crippen molar-refractivity contribution in [1.82, 2.24) is 10.3 Å². The second-order valence-electron chi connectivity index (χ2n) is 9.94. The number of anilines is 1. The number of aryl methyl sites for hydroxylation is 1. The summed E-state index contributed by atoms with van der Waals surface area (Å²) in [6.45, 7) is 5.74. The van der Waals surface area contributed by atoms with Crippen molar-refractivity contribution in [3.05, 3.63) is 108 Å². The summed E-state index contributed by atoms with van der Waals surface area (Å²) >= 11 is 0. The summed E-state index contributed by atoms with van der Waals surface area (Å²) in [5.74, 6) is -0.555. The molecule has 42 heavy (non-hydrogen) atoms. The Balaban J connectivity index is 1.76. The molecule has 0 saturated carbocycles. The van der Waals surface area contributed by atoms with Crippen molar-refractivity contribution in [3.8, 4) is 33.7 Å². The number of carbonyl (C=O) groups excluding carboxylic acids is 1. The molecule has 0 unspecified atom stereocenters. The Morgan fingerprint density at radius 2 is 1.76 bits per heavy atom. The number of allylic oxidation sites excluding steroid dienone is 2. The fourth-order valence-electron chi connectivity index (χ4n) is 4.88. The Morgan fingerprint density at radius 1 is 1.05 bits per heavy atom. The maximum absolute atomic E-state index is 13.7. The summed E-state index contributed by atoms with van der Waals surface area (Å²) in [4.78, 5) is 16.6. The van der Waals surface area contributed by atoms with Gasteiger partial charge in [-0.2, -0.15) is 0 Å². The van der Waals surface area contributed by atoms with E-state index in [1.165, 1.54) is 42.7 Å². The first-order valence-corrected chi connectivity index (χ1v) is 15.0. The van der Waals surface area contributed by atoms with Crippen LogP contribution in [0.5, 0.6) is 0 Å². The van der Waals surface area contributed by atoms with Gasteiger partial charge < -0.3 is 14.7 Å². The minimum atomic E-state index is -3.66. The Kier molecular flexibility index (Phi) is 7.62. The number of nitrogens with one attached hydrogen (secondary N) is 2. The Morgan fingerprint density at radius 3 is 2.43 bits per heavy atom. The van der Waals surface area contributed by atoms with Gasteiger partial charge in [0.1, 0.15) is 17.2 Å². The van der Waals surface area contributed by atoms with E-state index in [1.54, 1.807) is 18.2 Å². The van der Waals surface area contributed by atoms with E-state index in [1.807, 2.05) is 49.4 Å². The average Bonchev–Trinajstić information content (AvgIpc) is 3.54. The third kappa shape index (κ3) is 5.38. The molecule has 214 valence electrons. The lowest BCUT2D eigenvalue weighted by molar-refractivity contribution is 0.0964. The molecule has 1 amide bonds. The molecule has 0 spiro atoms. The summed E-state index contributed by atoms with van der Waals surface area (Å²) in [5, 5.41) is 3.15. The lowest BCUT2D eigenvalue weighted by Crippen LogP contribution is -2.25. The predicted molar refractivity (Wildman–Crippen MR) is 167 cm³/mol. The molecule has 9 heteroatoms. The molecule has 0 radical (unpaired) electrons. The van der Waals surface area contributed by atoms with E-state index in [0.717, 1.165) is 34.3 Å². The number of nitrogens with zero attached hydrogens (tertiary/aromatic N) is 1. The summed E-state index contributed by atoms with van der Waals surface area (Å²) in [7, 11) is -0.672. The van der Waals surface area contributed by atoms with Gasteiger partial charge in [0.2, 0.25) is 10.0 Å². The molecule has 0 atom stereocenters. The van der Waals surface area contributed by atoms with Crippen LogP contribution >= 0.6 is 0 Å². The zero-order chi connectivity index (χ0) is 30.2. The second-order valence-corrected chi connectivity index (χ2v) is 12.0. The molecule has 0 bridgehead atoms. The first-order chi connectivity index (χ1) is 20.0. The largest absolute Gasteiger partial charge is 0.455 e. The van der Waals surface area contributed by atoms with Crippen LogP contribution in [0.2, 0.25) is 0 Å². The zero-order valence-electron chi connectivity index (χ0n) is 23.7. The molecule has 2 aromatic heterocycles. The smallest absolute Gasteiger partial charge is 0.255 e. The summed E-state index contributed by atoms with van der Waals surface area (Å²) < 4.78 is 46.5. The highest BCUT2D eigenvalue weighted by atomic mass is 32.2. The van der Waals surface area contributed by atoms with Crippen molar-refractivity contribution in [1.29, 1.82) is 0 Å². The van der Waals surface area contributed by atoms with Gasteiger partial charge in [0.25, 0.3) is 5.91 Å². The number of H-pyrrole nitrogens is 1. The highest BCUT2D eigenvalue weighted by Crippen LogP contribution is 2.42. The predicted octanol–water partition coefficient (Wildman–Crippen LogP) is 7.16. The summed E-state index contributed by atoms with van der Waals surface area (Å²) in [6, 6.07) is 18.8. The lowest BCUT2D eigenvalue weighted by Gasteiger charge is -2.21. The maximum atomic E-state index is 13.7. The molecule has 0 aliphatic carbocycles. The first kappa shape index (κ1) is 28.6. The van der Waals surface area contributed by atoms with Gasteiger partial charge in [0.15, 0.2) is 0 Å². The SMILES string of the molecule is C=C/C=C\c1[nH]c(-c2cccc(-c3cc4c(C(=O)NC)c(-c5ccc(F)cc5)oc4cc3N(C)S(C)(=O)=O)c2)cc1C. The van der Waals surface area contributed by atoms with Crippen molar-refractivity contribution in [2.24, 2.45) is 0 Å². The zero-order valence-corrected chi connectivity index (χ0v) is 24.5. The van der Waals surface area contributed by atoms with Gasteiger partial charge in [-0.3, -0.25) is 9.10 Å². The molecule has 0 saturated heterocycles. The number of aromatic amines is 1. The van der Waals surface area contributed by atoms with Crippen LogP contribution in [0.15, 0.2) is 89.9 Å². The van der Waals surface area contributed by atoms with E-state index in [4.69, 9.17) is 4.42 Å². The third-order valence-electron chi connectivity index (χ3n) is 7.14. The van der Waals surface area contributed by atoms with Gasteiger partial charge in [0, 0.05) is 48.1 Å². The van der Waals surface area contributed by atoms with E-state index < -0.39 is 15.8 Å². The van der Waals surface area contributed by atoms with Crippen LogP contribution in [-0.2, 0) is 10.0 Å². The van der Waals surface area contributed by atoms with Crippen LogP contribution in [-0.4, -0.2) is 39.7 Å². The van der Waals surface area contributed by atoms with Crippen molar-refractivity contribution in [3.63, 3.8) is 0 Å². The number of amides is 1. The van der Waals surface area contributed by atoms with Crippen molar-refractivity contribution >= 4 is 38.7 Å². The molecule has 2 N–H and O–H groups in total. The summed E-state index contributed by atoms with van der Waals surface area (Å²) in [5.41, 5.74) is 6.61. The quantitative estimate of drug-likeness (QED) is 0.190. The van der Waals surface area contributed by atoms with E-state index in [0.29, 0.717) is 27.8 Å². The van der Waals surface area contributed by atoms with E-state index in [9.17, 15) is 17.6 Å². The Bertz CT molecular complexity index is 1970. The van der Waals surface area contributed by atoms with E-state index in [-0.39, 0.29) is 17.2 Å². The van der Waals surface area contributed by atoms with Gasteiger partial charge in [-0.15, -0.1) is 0 Å².